The normalized spacial score (nSPS) is 10.4. The second-order valence-electron chi connectivity index (χ2n) is 3.32. The molecule has 5 nitrogen and oxygen atoms in total. The van der Waals surface area contributed by atoms with Crippen LogP contribution >= 0.6 is 0 Å². The van der Waals surface area contributed by atoms with E-state index in [-0.39, 0.29) is 6.03 Å². The number of hydrazone groups is 1. The molecular formula is C12H12N4O. The SMILES string of the molecule is O=C(N/N=C/c1ccc[nH]1)Nc1ccccc1. The number of aromatic amines is 1. The molecule has 86 valence electrons. The fourth-order valence-electron chi connectivity index (χ4n) is 1.27. The Labute approximate surface area is 98.6 Å². The number of carbonyl (C=O) groups excluding carboxylic acids is 1. The molecule has 0 spiro atoms. The van der Waals surface area contributed by atoms with Crippen LogP contribution in [0.25, 0.3) is 0 Å². The first kappa shape index (κ1) is 10.9. The van der Waals surface area contributed by atoms with Gasteiger partial charge in [0.05, 0.1) is 11.9 Å². The first-order valence-corrected chi connectivity index (χ1v) is 5.13. The van der Waals surface area contributed by atoms with Gasteiger partial charge in [-0.2, -0.15) is 5.10 Å². The molecule has 0 aliphatic carbocycles. The Balaban J connectivity index is 1.82. The van der Waals surface area contributed by atoms with Gasteiger partial charge in [0.1, 0.15) is 0 Å². The molecule has 17 heavy (non-hydrogen) atoms. The van der Waals surface area contributed by atoms with Crippen molar-refractivity contribution >= 4 is 17.9 Å². The molecule has 1 heterocycles. The fourth-order valence-corrected chi connectivity index (χ4v) is 1.27. The Hall–Kier alpha value is -2.56. The van der Waals surface area contributed by atoms with Gasteiger partial charge in [-0.05, 0) is 24.3 Å². The van der Waals surface area contributed by atoms with Crippen LogP contribution in [0.3, 0.4) is 0 Å². The highest BCUT2D eigenvalue weighted by Gasteiger charge is 1.97. The Kier molecular flexibility index (Phi) is 3.54. The van der Waals surface area contributed by atoms with Crippen molar-refractivity contribution in [1.82, 2.24) is 10.4 Å². The molecule has 0 bridgehead atoms. The van der Waals surface area contributed by atoms with Crippen molar-refractivity contribution in [2.24, 2.45) is 5.10 Å². The van der Waals surface area contributed by atoms with E-state index in [2.05, 4.69) is 20.8 Å². The number of aromatic nitrogens is 1. The molecule has 2 rings (SSSR count). The Morgan fingerprint density at radius 1 is 1.18 bits per heavy atom. The number of carbonyl (C=O) groups is 1. The number of benzene rings is 1. The summed E-state index contributed by atoms with van der Waals surface area (Å²) in [6.07, 6.45) is 3.32. The molecule has 0 atom stereocenters. The second-order valence-corrected chi connectivity index (χ2v) is 3.32. The van der Waals surface area contributed by atoms with Crippen molar-refractivity contribution in [2.45, 2.75) is 0 Å². The summed E-state index contributed by atoms with van der Waals surface area (Å²) in [5.74, 6) is 0. The molecule has 0 aliphatic rings. The van der Waals surface area contributed by atoms with Gasteiger partial charge >= 0.3 is 6.03 Å². The zero-order chi connectivity index (χ0) is 11.9. The van der Waals surface area contributed by atoms with Gasteiger partial charge in [0.15, 0.2) is 0 Å². The summed E-state index contributed by atoms with van der Waals surface area (Å²) in [6.45, 7) is 0. The van der Waals surface area contributed by atoms with Crippen LogP contribution in [0, 0.1) is 0 Å². The first-order valence-electron chi connectivity index (χ1n) is 5.13. The van der Waals surface area contributed by atoms with E-state index in [0.29, 0.717) is 0 Å². The topological polar surface area (TPSA) is 69.3 Å². The lowest BCUT2D eigenvalue weighted by molar-refractivity contribution is 0.252. The molecule has 2 amide bonds. The lowest BCUT2D eigenvalue weighted by Gasteiger charge is -2.02. The number of nitrogens with one attached hydrogen (secondary N) is 3. The average molecular weight is 228 g/mol. The van der Waals surface area contributed by atoms with Crippen LogP contribution in [0.1, 0.15) is 5.69 Å². The molecule has 1 aromatic carbocycles. The third-order valence-corrected chi connectivity index (χ3v) is 2.02. The van der Waals surface area contributed by atoms with Crippen molar-refractivity contribution in [3.05, 3.63) is 54.4 Å². The predicted octanol–water partition coefficient (Wildman–Crippen LogP) is 2.17. The molecule has 0 aliphatic heterocycles. The van der Waals surface area contributed by atoms with Crippen LogP contribution < -0.4 is 10.7 Å². The summed E-state index contributed by atoms with van der Waals surface area (Å²) in [6, 6.07) is 12.5. The summed E-state index contributed by atoms with van der Waals surface area (Å²) < 4.78 is 0. The number of rotatable bonds is 3. The lowest BCUT2D eigenvalue weighted by Crippen LogP contribution is -2.24. The van der Waals surface area contributed by atoms with Gasteiger partial charge in [0.2, 0.25) is 0 Å². The van der Waals surface area contributed by atoms with Crippen LogP contribution in [0.4, 0.5) is 10.5 Å². The van der Waals surface area contributed by atoms with Crippen LogP contribution in [0.5, 0.6) is 0 Å². The Morgan fingerprint density at radius 3 is 2.71 bits per heavy atom. The van der Waals surface area contributed by atoms with Crippen molar-refractivity contribution < 1.29 is 4.79 Å². The van der Waals surface area contributed by atoms with Crippen LogP contribution in [0.2, 0.25) is 0 Å². The maximum atomic E-state index is 11.4. The second kappa shape index (κ2) is 5.50. The van der Waals surface area contributed by atoms with E-state index in [1.165, 1.54) is 6.21 Å². The third kappa shape index (κ3) is 3.49. The van der Waals surface area contributed by atoms with Crippen LogP contribution in [0.15, 0.2) is 53.8 Å². The fraction of sp³-hybridized carbons (Fsp3) is 0. The van der Waals surface area contributed by atoms with Crippen molar-refractivity contribution in [2.75, 3.05) is 5.32 Å². The number of urea groups is 1. The summed E-state index contributed by atoms with van der Waals surface area (Å²) >= 11 is 0. The van der Waals surface area contributed by atoms with E-state index >= 15 is 0 Å². The molecular weight excluding hydrogens is 216 g/mol. The Morgan fingerprint density at radius 2 is 2.00 bits per heavy atom. The van der Waals surface area contributed by atoms with Gasteiger partial charge in [0, 0.05) is 11.9 Å². The molecule has 0 unspecified atom stereocenters. The third-order valence-electron chi connectivity index (χ3n) is 2.02. The number of nitrogens with zero attached hydrogens (tertiary/aromatic N) is 1. The number of hydrogen-bond donors (Lipinski definition) is 3. The van der Waals surface area contributed by atoms with Gasteiger partial charge in [-0.15, -0.1) is 0 Å². The van der Waals surface area contributed by atoms with E-state index in [9.17, 15) is 4.79 Å². The molecule has 0 radical (unpaired) electrons. The summed E-state index contributed by atoms with van der Waals surface area (Å²) in [4.78, 5) is 14.3. The van der Waals surface area contributed by atoms with Crippen molar-refractivity contribution in [3.8, 4) is 0 Å². The minimum absolute atomic E-state index is 0.376. The van der Waals surface area contributed by atoms with Crippen molar-refractivity contribution in [1.29, 1.82) is 0 Å². The summed E-state index contributed by atoms with van der Waals surface area (Å²) in [5.41, 5.74) is 3.92. The van der Waals surface area contributed by atoms with E-state index in [4.69, 9.17) is 0 Å². The van der Waals surface area contributed by atoms with E-state index in [1.54, 1.807) is 18.3 Å². The first-order chi connectivity index (χ1) is 8.34. The maximum absolute atomic E-state index is 11.4. The summed E-state index contributed by atoms with van der Waals surface area (Å²) in [5, 5.41) is 6.44. The molecule has 0 saturated carbocycles. The minimum atomic E-state index is -0.376. The predicted molar refractivity (Wildman–Crippen MR) is 67.0 cm³/mol. The monoisotopic (exact) mass is 228 g/mol. The zero-order valence-corrected chi connectivity index (χ0v) is 9.05. The number of para-hydroxylation sites is 1. The molecule has 3 N–H and O–H groups in total. The largest absolute Gasteiger partial charge is 0.360 e. The lowest BCUT2D eigenvalue weighted by atomic mass is 10.3. The molecule has 5 heteroatoms. The maximum Gasteiger partial charge on any atom is 0.339 e. The van der Waals surface area contributed by atoms with Gasteiger partial charge < -0.3 is 10.3 Å². The quantitative estimate of drug-likeness (QED) is 0.547. The number of amides is 2. The molecule has 0 saturated heterocycles. The molecule has 1 aromatic heterocycles. The van der Waals surface area contributed by atoms with Crippen molar-refractivity contribution in [3.63, 3.8) is 0 Å². The number of anilines is 1. The number of H-pyrrole nitrogens is 1. The Bertz CT molecular complexity index is 490. The average Bonchev–Trinajstić information content (AvgIpc) is 2.83. The van der Waals surface area contributed by atoms with Gasteiger partial charge in [-0.3, -0.25) is 0 Å². The minimum Gasteiger partial charge on any atom is -0.360 e. The van der Waals surface area contributed by atoms with Crippen LogP contribution in [-0.4, -0.2) is 17.2 Å². The highest BCUT2D eigenvalue weighted by atomic mass is 16.2. The molecule has 2 aromatic rings. The highest BCUT2D eigenvalue weighted by molar-refractivity contribution is 5.90. The summed E-state index contributed by atoms with van der Waals surface area (Å²) in [7, 11) is 0. The van der Waals surface area contributed by atoms with Gasteiger partial charge in [0.25, 0.3) is 0 Å². The number of hydrogen-bond acceptors (Lipinski definition) is 2. The van der Waals surface area contributed by atoms with E-state index in [0.717, 1.165) is 11.4 Å². The zero-order valence-electron chi connectivity index (χ0n) is 9.05. The van der Waals surface area contributed by atoms with Gasteiger partial charge in [-0.25, -0.2) is 10.2 Å². The standard InChI is InChI=1S/C12H12N4O/c17-12(15-10-5-2-1-3-6-10)16-14-9-11-7-4-8-13-11/h1-9,13H,(H2,15,16,17)/b14-9+. The smallest absolute Gasteiger partial charge is 0.339 e. The van der Waals surface area contributed by atoms with E-state index in [1.807, 2.05) is 30.3 Å². The van der Waals surface area contributed by atoms with Gasteiger partial charge in [-0.1, -0.05) is 18.2 Å². The molecule has 0 fully saturated rings. The van der Waals surface area contributed by atoms with Crippen LogP contribution in [-0.2, 0) is 0 Å². The van der Waals surface area contributed by atoms with E-state index < -0.39 is 0 Å². The highest BCUT2D eigenvalue weighted by Crippen LogP contribution is 2.03.